The summed E-state index contributed by atoms with van der Waals surface area (Å²) < 4.78 is 50.5. The maximum Gasteiger partial charge on any atom is 0.573 e. The number of alkyl halides is 3. The first-order valence-corrected chi connectivity index (χ1v) is 7.71. The van der Waals surface area contributed by atoms with Gasteiger partial charge in [0.1, 0.15) is 11.5 Å². The number of esters is 1. The number of rotatable bonds is 6. The molecule has 0 saturated heterocycles. The van der Waals surface area contributed by atoms with Crippen LogP contribution in [0.5, 0.6) is 11.5 Å². The van der Waals surface area contributed by atoms with Crippen LogP contribution in [0, 0.1) is 0 Å². The first-order chi connectivity index (χ1) is 12.3. The molecule has 7 heteroatoms. The summed E-state index contributed by atoms with van der Waals surface area (Å²) in [4.78, 5) is 11.8. The molecule has 26 heavy (non-hydrogen) atoms. The second kappa shape index (κ2) is 8.42. The molecule has 0 unspecified atom stereocenters. The molecule has 2 aromatic rings. The molecule has 0 aliphatic heterocycles. The van der Waals surface area contributed by atoms with Crippen LogP contribution in [0.4, 0.5) is 13.2 Å². The van der Waals surface area contributed by atoms with Crippen molar-refractivity contribution in [1.82, 2.24) is 0 Å². The number of hydrogen-bond donors (Lipinski definition) is 0. The van der Waals surface area contributed by atoms with Gasteiger partial charge < -0.3 is 14.2 Å². The van der Waals surface area contributed by atoms with Crippen LogP contribution in [0.2, 0.25) is 0 Å². The van der Waals surface area contributed by atoms with Crippen LogP contribution in [0.3, 0.4) is 0 Å². The van der Waals surface area contributed by atoms with Gasteiger partial charge >= 0.3 is 12.3 Å². The van der Waals surface area contributed by atoms with Crippen molar-refractivity contribution >= 4 is 18.1 Å². The van der Waals surface area contributed by atoms with E-state index in [1.807, 2.05) is 0 Å². The van der Waals surface area contributed by atoms with E-state index in [0.29, 0.717) is 22.4 Å². The number of ether oxygens (including phenoxy) is 3. The van der Waals surface area contributed by atoms with Gasteiger partial charge in [-0.05, 0) is 42.8 Å². The van der Waals surface area contributed by atoms with Gasteiger partial charge in [-0.15, -0.1) is 13.2 Å². The highest BCUT2D eigenvalue weighted by Crippen LogP contribution is 2.25. The summed E-state index contributed by atoms with van der Waals surface area (Å²) in [6, 6.07) is 10.3. The normalized spacial score (nSPS) is 11.4. The Balaban J connectivity index is 2.20. The van der Waals surface area contributed by atoms with Crippen molar-refractivity contribution in [3.05, 3.63) is 59.2 Å². The molecule has 0 amide bonds. The molecular weight excluding hydrogens is 349 g/mol. The Kier molecular flexibility index (Phi) is 6.27. The zero-order valence-corrected chi connectivity index (χ0v) is 14.2. The molecule has 0 atom stereocenters. The van der Waals surface area contributed by atoms with Crippen molar-refractivity contribution in [3.63, 3.8) is 0 Å². The van der Waals surface area contributed by atoms with E-state index in [-0.39, 0.29) is 12.4 Å². The lowest BCUT2D eigenvalue weighted by molar-refractivity contribution is -0.274. The molecular formula is C19H17F3O4. The summed E-state index contributed by atoms with van der Waals surface area (Å²) >= 11 is 0. The minimum Gasteiger partial charge on any atom is -0.496 e. The summed E-state index contributed by atoms with van der Waals surface area (Å²) in [5, 5.41) is 0. The molecule has 2 rings (SSSR count). The van der Waals surface area contributed by atoms with Gasteiger partial charge in [0.15, 0.2) is 0 Å². The highest BCUT2D eigenvalue weighted by molar-refractivity contribution is 5.91. The fourth-order valence-corrected chi connectivity index (χ4v) is 2.17. The minimum atomic E-state index is -4.72. The van der Waals surface area contributed by atoms with Gasteiger partial charge in [0, 0.05) is 5.56 Å². The number of hydrogen-bond acceptors (Lipinski definition) is 4. The average molecular weight is 366 g/mol. The number of halogens is 3. The molecule has 0 aliphatic carbocycles. The predicted octanol–water partition coefficient (Wildman–Crippen LogP) is 4.94. The maximum absolute atomic E-state index is 12.2. The molecule has 4 nitrogen and oxygen atoms in total. The molecule has 0 radical (unpaired) electrons. The fourth-order valence-electron chi connectivity index (χ4n) is 2.17. The Morgan fingerprint density at radius 3 is 2.35 bits per heavy atom. The van der Waals surface area contributed by atoms with Crippen molar-refractivity contribution in [2.24, 2.45) is 0 Å². The second-order valence-corrected chi connectivity index (χ2v) is 5.13. The SMILES string of the molecule is CCOC(=O)c1ccc(OC)c(C=Cc2ccc(OC(F)(F)F)cc2)c1. The van der Waals surface area contributed by atoms with E-state index < -0.39 is 12.3 Å². The van der Waals surface area contributed by atoms with Gasteiger partial charge in [-0.2, -0.15) is 0 Å². The largest absolute Gasteiger partial charge is 0.573 e. The van der Waals surface area contributed by atoms with E-state index in [9.17, 15) is 18.0 Å². The summed E-state index contributed by atoms with van der Waals surface area (Å²) in [7, 11) is 1.50. The standard InChI is InChI=1S/C19H17F3O4/c1-3-25-18(23)15-8-11-17(24-2)14(12-15)7-4-13-5-9-16(10-6-13)26-19(20,21)22/h4-12H,3H2,1-2H3. The lowest BCUT2D eigenvalue weighted by Crippen LogP contribution is -2.16. The molecule has 0 N–H and O–H groups in total. The molecule has 138 valence electrons. The van der Waals surface area contributed by atoms with Crippen LogP contribution in [0.15, 0.2) is 42.5 Å². The van der Waals surface area contributed by atoms with Crippen LogP contribution < -0.4 is 9.47 Å². The van der Waals surface area contributed by atoms with Gasteiger partial charge in [0.25, 0.3) is 0 Å². The van der Waals surface area contributed by atoms with E-state index in [0.717, 1.165) is 0 Å². The lowest BCUT2D eigenvalue weighted by Gasteiger charge is -2.09. The van der Waals surface area contributed by atoms with Crippen molar-refractivity contribution < 1.29 is 32.2 Å². The Bertz CT molecular complexity index is 780. The van der Waals surface area contributed by atoms with E-state index in [2.05, 4.69) is 4.74 Å². The number of methoxy groups -OCH3 is 1. The summed E-state index contributed by atoms with van der Waals surface area (Å²) in [5.41, 5.74) is 1.66. The first kappa shape index (κ1) is 19.4. The molecule has 0 bridgehead atoms. The van der Waals surface area contributed by atoms with Crippen LogP contribution >= 0.6 is 0 Å². The average Bonchev–Trinajstić information content (AvgIpc) is 2.59. The topological polar surface area (TPSA) is 44.8 Å². The Labute approximate surface area is 148 Å². The summed E-state index contributed by atoms with van der Waals surface area (Å²) in [5.74, 6) is -0.193. The summed E-state index contributed by atoms with van der Waals surface area (Å²) in [6.45, 7) is 1.98. The zero-order valence-electron chi connectivity index (χ0n) is 14.2. The molecule has 0 aliphatic rings. The van der Waals surface area contributed by atoms with Crippen molar-refractivity contribution in [2.75, 3.05) is 13.7 Å². The molecule has 0 heterocycles. The Morgan fingerprint density at radius 1 is 1.08 bits per heavy atom. The minimum absolute atomic E-state index is 0.266. The van der Waals surface area contributed by atoms with E-state index >= 15 is 0 Å². The quantitative estimate of drug-likeness (QED) is 0.537. The van der Waals surface area contributed by atoms with E-state index in [1.165, 1.54) is 31.4 Å². The van der Waals surface area contributed by atoms with Crippen molar-refractivity contribution in [2.45, 2.75) is 13.3 Å². The fraction of sp³-hybridized carbons (Fsp3) is 0.211. The third-order valence-corrected chi connectivity index (χ3v) is 3.31. The summed E-state index contributed by atoms with van der Waals surface area (Å²) in [6.07, 6.45) is -1.34. The molecule has 0 spiro atoms. The first-order valence-electron chi connectivity index (χ1n) is 7.71. The van der Waals surface area contributed by atoms with Crippen LogP contribution in [0.1, 0.15) is 28.4 Å². The molecule has 2 aromatic carbocycles. The predicted molar refractivity (Wildman–Crippen MR) is 91.0 cm³/mol. The van der Waals surface area contributed by atoms with Gasteiger partial charge in [0.05, 0.1) is 19.3 Å². The van der Waals surface area contributed by atoms with Crippen molar-refractivity contribution in [3.8, 4) is 11.5 Å². The third-order valence-electron chi connectivity index (χ3n) is 3.31. The van der Waals surface area contributed by atoms with Gasteiger partial charge in [-0.3, -0.25) is 0 Å². The van der Waals surface area contributed by atoms with Crippen LogP contribution in [0.25, 0.3) is 12.2 Å². The Hall–Kier alpha value is -2.96. The van der Waals surface area contributed by atoms with Crippen LogP contribution in [-0.4, -0.2) is 26.0 Å². The smallest absolute Gasteiger partial charge is 0.496 e. The highest BCUT2D eigenvalue weighted by Gasteiger charge is 2.30. The zero-order chi connectivity index (χ0) is 19.2. The Morgan fingerprint density at radius 2 is 1.77 bits per heavy atom. The monoisotopic (exact) mass is 366 g/mol. The van der Waals surface area contributed by atoms with Crippen LogP contribution in [-0.2, 0) is 4.74 Å². The van der Waals surface area contributed by atoms with Gasteiger partial charge in [-0.25, -0.2) is 4.79 Å². The number of carbonyl (C=O) groups is 1. The second-order valence-electron chi connectivity index (χ2n) is 5.13. The van der Waals surface area contributed by atoms with E-state index in [1.54, 1.807) is 37.3 Å². The van der Waals surface area contributed by atoms with Crippen molar-refractivity contribution in [1.29, 1.82) is 0 Å². The molecule has 0 saturated carbocycles. The molecule has 0 aromatic heterocycles. The van der Waals surface area contributed by atoms with E-state index in [4.69, 9.17) is 9.47 Å². The third kappa shape index (κ3) is 5.54. The van der Waals surface area contributed by atoms with Gasteiger partial charge in [-0.1, -0.05) is 24.3 Å². The maximum atomic E-state index is 12.2. The highest BCUT2D eigenvalue weighted by atomic mass is 19.4. The number of benzene rings is 2. The number of carbonyl (C=O) groups excluding carboxylic acids is 1. The molecule has 0 fully saturated rings. The lowest BCUT2D eigenvalue weighted by atomic mass is 10.1. The van der Waals surface area contributed by atoms with Gasteiger partial charge in [0.2, 0.25) is 0 Å².